The zero-order chi connectivity index (χ0) is 8.55. The van der Waals surface area contributed by atoms with E-state index in [0.29, 0.717) is 0 Å². The topological polar surface area (TPSA) is 58.9 Å². The number of hydrogen-bond acceptors (Lipinski definition) is 3. The number of rotatable bonds is 1. The molecular formula is C8H11NO3. The minimum Gasteiger partial charge on any atom is -0.477 e. The maximum Gasteiger partial charge on any atom is 0.354 e. The fourth-order valence-electron chi connectivity index (χ4n) is 1.93. The van der Waals surface area contributed by atoms with Gasteiger partial charge < -0.3 is 9.94 Å². The molecule has 0 unspecified atom stereocenters. The first-order chi connectivity index (χ1) is 5.79. The summed E-state index contributed by atoms with van der Waals surface area (Å²) in [5.74, 6) is -0.874. The van der Waals surface area contributed by atoms with Crippen LogP contribution < -0.4 is 0 Å². The van der Waals surface area contributed by atoms with Crippen molar-refractivity contribution < 1.29 is 14.7 Å². The Labute approximate surface area is 70.2 Å². The Morgan fingerprint density at radius 3 is 3.00 bits per heavy atom. The summed E-state index contributed by atoms with van der Waals surface area (Å²) in [5.41, 5.74) is 0.222. The summed E-state index contributed by atoms with van der Waals surface area (Å²) in [7, 11) is 0. The Morgan fingerprint density at radius 1 is 1.50 bits per heavy atom. The third-order valence-corrected chi connectivity index (χ3v) is 2.56. The fraction of sp³-hybridized carbons (Fsp3) is 0.750. The molecule has 0 aromatic heterocycles. The molecule has 0 aromatic rings. The molecule has 2 aliphatic rings. The smallest absolute Gasteiger partial charge is 0.354 e. The molecule has 0 aromatic carbocycles. The number of carbonyl (C=O) groups is 1. The Balaban J connectivity index is 2.13. The highest BCUT2D eigenvalue weighted by Gasteiger charge is 2.39. The van der Waals surface area contributed by atoms with E-state index < -0.39 is 5.97 Å². The van der Waals surface area contributed by atoms with E-state index in [1.54, 1.807) is 0 Å². The van der Waals surface area contributed by atoms with E-state index in [4.69, 9.17) is 9.94 Å². The second kappa shape index (κ2) is 2.77. The number of fused-ring (bicyclic) bond motifs is 1. The van der Waals surface area contributed by atoms with Crippen LogP contribution in [0.25, 0.3) is 0 Å². The van der Waals surface area contributed by atoms with Crippen LogP contribution in [0.3, 0.4) is 0 Å². The molecule has 2 atom stereocenters. The van der Waals surface area contributed by atoms with Gasteiger partial charge in [-0.25, -0.2) is 4.79 Å². The molecule has 66 valence electrons. The van der Waals surface area contributed by atoms with Crippen LogP contribution in [-0.4, -0.2) is 22.9 Å². The first-order valence-electron chi connectivity index (χ1n) is 4.26. The lowest BCUT2D eigenvalue weighted by atomic mass is 9.84. The van der Waals surface area contributed by atoms with Gasteiger partial charge in [0.15, 0.2) is 5.71 Å². The SMILES string of the molecule is O=C(O)C1=NO[C@H]2CCCC[C@H]12. The van der Waals surface area contributed by atoms with Gasteiger partial charge in [-0.2, -0.15) is 0 Å². The van der Waals surface area contributed by atoms with Gasteiger partial charge in [-0.1, -0.05) is 11.6 Å². The van der Waals surface area contributed by atoms with Gasteiger partial charge in [-0.15, -0.1) is 0 Å². The number of oxime groups is 1. The summed E-state index contributed by atoms with van der Waals surface area (Å²) in [6.45, 7) is 0. The van der Waals surface area contributed by atoms with Crippen molar-refractivity contribution in [3.05, 3.63) is 0 Å². The normalized spacial score (nSPS) is 33.5. The quantitative estimate of drug-likeness (QED) is 0.637. The van der Waals surface area contributed by atoms with Crippen LogP contribution in [-0.2, 0) is 9.63 Å². The molecule has 1 aliphatic heterocycles. The summed E-state index contributed by atoms with van der Waals surface area (Å²) >= 11 is 0. The molecule has 1 saturated carbocycles. The van der Waals surface area contributed by atoms with Gasteiger partial charge in [-0.3, -0.25) is 0 Å². The van der Waals surface area contributed by atoms with Gasteiger partial charge in [-0.05, 0) is 19.3 Å². The molecule has 1 aliphatic carbocycles. The molecule has 0 spiro atoms. The van der Waals surface area contributed by atoms with E-state index in [2.05, 4.69) is 5.16 Å². The van der Waals surface area contributed by atoms with E-state index in [-0.39, 0.29) is 17.7 Å². The molecule has 1 fully saturated rings. The van der Waals surface area contributed by atoms with Crippen molar-refractivity contribution in [3.8, 4) is 0 Å². The van der Waals surface area contributed by atoms with Crippen molar-refractivity contribution >= 4 is 11.7 Å². The van der Waals surface area contributed by atoms with Crippen molar-refractivity contribution in [2.24, 2.45) is 11.1 Å². The second-order valence-corrected chi connectivity index (χ2v) is 3.32. The zero-order valence-electron chi connectivity index (χ0n) is 6.69. The van der Waals surface area contributed by atoms with E-state index in [9.17, 15) is 4.79 Å². The van der Waals surface area contributed by atoms with E-state index in [0.717, 1.165) is 25.7 Å². The van der Waals surface area contributed by atoms with Crippen molar-refractivity contribution in [3.63, 3.8) is 0 Å². The zero-order valence-corrected chi connectivity index (χ0v) is 6.69. The van der Waals surface area contributed by atoms with Crippen LogP contribution in [0, 0.1) is 5.92 Å². The summed E-state index contributed by atoms with van der Waals surface area (Å²) in [6, 6.07) is 0. The number of aliphatic carboxylic acids is 1. The maximum atomic E-state index is 10.6. The van der Waals surface area contributed by atoms with Crippen LogP contribution in [0.5, 0.6) is 0 Å². The third-order valence-electron chi connectivity index (χ3n) is 2.56. The largest absolute Gasteiger partial charge is 0.477 e. The van der Waals surface area contributed by atoms with Gasteiger partial charge in [0.25, 0.3) is 0 Å². The number of carboxylic acids is 1. The summed E-state index contributed by atoms with van der Waals surface area (Å²) in [5, 5.41) is 12.3. The number of nitrogens with zero attached hydrogens (tertiary/aromatic N) is 1. The molecule has 1 N–H and O–H groups in total. The summed E-state index contributed by atoms with van der Waals surface area (Å²) in [6.07, 6.45) is 4.13. The highest BCUT2D eigenvalue weighted by molar-refractivity contribution is 6.36. The van der Waals surface area contributed by atoms with Gasteiger partial charge in [0.1, 0.15) is 6.10 Å². The van der Waals surface area contributed by atoms with Crippen molar-refractivity contribution in [2.45, 2.75) is 31.8 Å². The standard InChI is InChI=1S/C8H11NO3/c10-8(11)7-5-3-1-2-4-6(5)12-9-7/h5-6H,1-4H2,(H,10,11)/t5-,6-/m0/s1. The lowest BCUT2D eigenvalue weighted by Crippen LogP contribution is -2.30. The number of carboxylic acid groups (broad SMARTS) is 1. The molecule has 1 heterocycles. The third kappa shape index (κ3) is 1.07. The van der Waals surface area contributed by atoms with E-state index in [1.165, 1.54) is 0 Å². The average Bonchev–Trinajstić information content (AvgIpc) is 2.47. The van der Waals surface area contributed by atoms with Crippen LogP contribution in [0.15, 0.2) is 5.16 Å². The maximum absolute atomic E-state index is 10.6. The van der Waals surface area contributed by atoms with Gasteiger partial charge in [0.2, 0.25) is 0 Å². The van der Waals surface area contributed by atoms with E-state index >= 15 is 0 Å². The molecule has 4 nitrogen and oxygen atoms in total. The molecule has 0 radical (unpaired) electrons. The second-order valence-electron chi connectivity index (χ2n) is 3.32. The summed E-state index contributed by atoms with van der Waals surface area (Å²) in [4.78, 5) is 15.7. The van der Waals surface area contributed by atoms with Crippen LogP contribution >= 0.6 is 0 Å². The Bertz CT molecular complexity index is 236. The predicted octanol–water partition coefficient (Wildman–Crippen LogP) is 1.02. The fourth-order valence-corrected chi connectivity index (χ4v) is 1.93. The average molecular weight is 169 g/mol. The Hall–Kier alpha value is -1.06. The lowest BCUT2D eigenvalue weighted by Gasteiger charge is -2.22. The minimum atomic E-state index is -0.926. The first-order valence-corrected chi connectivity index (χ1v) is 4.26. The predicted molar refractivity (Wildman–Crippen MR) is 41.9 cm³/mol. The lowest BCUT2D eigenvalue weighted by molar-refractivity contribution is -0.129. The van der Waals surface area contributed by atoms with Crippen molar-refractivity contribution in [1.29, 1.82) is 0 Å². The van der Waals surface area contributed by atoms with Crippen LogP contribution in [0.4, 0.5) is 0 Å². The minimum absolute atomic E-state index is 0.0462. The molecule has 0 bridgehead atoms. The molecule has 4 heteroatoms. The summed E-state index contributed by atoms with van der Waals surface area (Å²) < 4.78 is 0. The van der Waals surface area contributed by atoms with Gasteiger partial charge in [0, 0.05) is 0 Å². The highest BCUT2D eigenvalue weighted by Crippen LogP contribution is 2.32. The van der Waals surface area contributed by atoms with Crippen LogP contribution in [0.2, 0.25) is 0 Å². The van der Waals surface area contributed by atoms with Crippen molar-refractivity contribution in [2.75, 3.05) is 0 Å². The van der Waals surface area contributed by atoms with Gasteiger partial charge in [0.05, 0.1) is 5.92 Å². The molecule has 0 amide bonds. The van der Waals surface area contributed by atoms with Gasteiger partial charge >= 0.3 is 5.97 Å². The molecular weight excluding hydrogens is 158 g/mol. The molecule has 2 rings (SSSR count). The Kier molecular flexibility index (Phi) is 1.75. The first kappa shape index (κ1) is 7.58. The molecule has 0 saturated heterocycles. The number of hydrogen-bond donors (Lipinski definition) is 1. The highest BCUT2D eigenvalue weighted by atomic mass is 16.6. The molecule has 12 heavy (non-hydrogen) atoms. The van der Waals surface area contributed by atoms with E-state index in [1.807, 2.05) is 0 Å². The Morgan fingerprint density at radius 2 is 2.25 bits per heavy atom. The van der Waals surface area contributed by atoms with Crippen molar-refractivity contribution in [1.82, 2.24) is 0 Å². The van der Waals surface area contributed by atoms with Crippen LogP contribution in [0.1, 0.15) is 25.7 Å². The monoisotopic (exact) mass is 169 g/mol.